The maximum atomic E-state index is 11.7. The van der Waals surface area contributed by atoms with Crippen LogP contribution in [0, 0.1) is 0 Å². The summed E-state index contributed by atoms with van der Waals surface area (Å²) in [6, 6.07) is 9.00. The summed E-state index contributed by atoms with van der Waals surface area (Å²) >= 11 is 0. The summed E-state index contributed by atoms with van der Waals surface area (Å²) in [6.45, 7) is -0.396. The number of carboxylic acids is 1. The summed E-state index contributed by atoms with van der Waals surface area (Å²) < 4.78 is 0. The van der Waals surface area contributed by atoms with E-state index in [2.05, 4.69) is 15.5 Å². The fourth-order valence-electron chi connectivity index (χ4n) is 1.42. The number of hydrogen-bond acceptors (Lipinski definition) is 5. The number of para-hydroxylation sites is 1. The third-order valence-electron chi connectivity index (χ3n) is 2.45. The minimum absolute atomic E-state index is 0.0337. The van der Waals surface area contributed by atoms with E-state index in [1.807, 2.05) is 18.2 Å². The summed E-state index contributed by atoms with van der Waals surface area (Å²) in [5, 5.41) is 27.7. The molecule has 3 N–H and O–H groups in total. The second kappa shape index (κ2) is 5.93. The van der Waals surface area contributed by atoms with E-state index in [4.69, 9.17) is 10.2 Å². The smallest absolute Gasteiger partial charge is 0.334 e. The van der Waals surface area contributed by atoms with Crippen molar-refractivity contribution < 1.29 is 19.8 Å². The zero-order valence-electron chi connectivity index (χ0n) is 10.3. The molecule has 1 aromatic carbocycles. The molecule has 2 rings (SSSR count). The fourth-order valence-corrected chi connectivity index (χ4v) is 1.42. The zero-order chi connectivity index (χ0) is 14.5. The number of aliphatic carboxylic acids is 1. The van der Waals surface area contributed by atoms with Crippen molar-refractivity contribution in [2.24, 2.45) is 0 Å². The largest absolute Gasteiger partial charge is 0.479 e. The van der Waals surface area contributed by atoms with Gasteiger partial charge in [-0.2, -0.15) is 9.90 Å². The van der Waals surface area contributed by atoms with Gasteiger partial charge in [-0.3, -0.25) is 4.79 Å². The monoisotopic (exact) mass is 276 g/mol. The predicted molar refractivity (Wildman–Crippen MR) is 67.3 cm³/mol. The van der Waals surface area contributed by atoms with E-state index in [0.717, 1.165) is 0 Å². The Morgan fingerprint density at radius 2 is 2.00 bits per heavy atom. The van der Waals surface area contributed by atoms with E-state index < -0.39 is 24.5 Å². The number of carbonyl (C=O) groups is 2. The quantitative estimate of drug-likeness (QED) is 0.674. The van der Waals surface area contributed by atoms with Crippen molar-refractivity contribution in [2.45, 2.75) is 6.10 Å². The van der Waals surface area contributed by atoms with E-state index in [1.54, 1.807) is 12.1 Å². The maximum absolute atomic E-state index is 11.7. The van der Waals surface area contributed by atoms with E-state index in [0.29, 0.717) is 5.69 Å². The van der Waals surface area contributed by atoms with Crippen LogP contribution >= 0.6 is 0 Å². The van der Waals surface area contributed by atoms with Gasteiger partial charge < -0.3 is 15.5 Å². The first-order valence-electron chi connectivity index (χ1n) is 5.75. The number of carboxylic acid groups (broad SMARTS) is 1. The van der Waals surface area contributed by atoms with Crippen molar-refractivity contribution in [3.63, 3.8) is 0 Å². The van der Waals surface area contributed by atoms with Gasteiger partial charge in [-0.05, 0) is 12.1 Å². The molecule has 2 aromatic rings. The number of benzene rings is 1. The summed E-state index contributed by atoms with van der Waals surface area (Å²) in [6.07, 6.45) is -0.390. The number of aliphatic hydroxyl groups is 1. The van der Waals surface area contributed by atoms with Crippen LogP contribution in [0.2, 0.25) is 0 Å². The molecule has 0 aliphatic rings. The van der Waals surface area contributed by atoms with Crippen molar-refractivity contribution >= 4 is 11.9 Å². The summed E-state index contributed by atoms with van der Waals surface area (Å²) in [4.78, 5) is 23.4. The minimum atomic E-state index is -1.65. The maximum Gasteiger partial charge on any atom is 0.334 e. The van der Waals surface area contributed by atoms with Gasteiger partial charge in [-0.25, -0.2) is 4.79 Å². The van der Waals surface area contributed by atoms with Crippen LogP contribution in [-0.4, -0.2) is 49.7 Å². The normalized spacial score (nSPS) is 11.8. The van der Waals surface area contributed by atoms with Crippen molar-refractivity contribution in [3.05, 3.63) is 42.2 Å². The molecule has 20 heavy (non-hydrogen) atoms. The van der Waals surface area contributed by atoms with Crippen LogP contribution in [0.15, 0.2) is 36.5 Å². The Morgan fingerprint density at radius 3 is 2.65 bits per heavy atom. The van der Waals surface area contributed by atoms with Crippen molar-refractivity contribution in [3.8, 4) is 5.69 Å². The highest BCUT2D eigenvalue weighted by Crippen LogP contribution is 2.04. The number of nitrogens with one attached hydrogen (secondary N) is 1. The van der Waals surface area contributed by atoms with Crippen molar-refractivity contribution in [2.75, 3.05) is 6.54 Å². The Labute approximate surface area is 113 Å². The van der Waals surface area contributed by atoms with Gasteiger partial charge in [0.2, 0.25) is 0 Å². The average Bonchev–Trinajstić information content (AvgIpc) is 2.95. The SMILES string of the molecule is O=C(NCC(O)C(=O)O)c1cnn(-c2ccccc2)n1. The second-order valence-corrected chi connectivity index (χ2v) is 3.92. The Hall–Kier alpha value is -2.74. The minimum Gasteiger partial charge on any atom is -0.479 e. The molecule has 0 fully saturated rings. The number of aliphatic hydroxyl groups excluding tert-OH is 1. The molecule has 1 heterocycles. The van der Waals surface area contributed by atoms with Crippen LogP contribution in [0.1, 0.15) is 10.5 Å². The van der Waals surface area contributed by atoms with Gasteiger partial charge in [0.05, 0.1) is 18.4 Å². The molecular weight excluding hydrogens is 264 g/mol. The van der Waals surface area contributed by atoms with Crippen molar-refractivity contribution in [1.82, 2.24) is 20.3 Å². The second-order valence-electron chi connectivity index (χ2n) is 3.92. The molecule has 8 nitrogen and oxygen atoms in total. The number of carbonyl (C=O) groups excluding carboxylic acids is 1. The summed E-state index contributed by atoms with van der Waals surface area (Å²) in [5.74, 6) is -2.01. The average molecular weight is 276 g/mol. The van der Waals surface area contributed by atoms with Crippen molar-refractivity contribution in [1.29, 1.82) is 0 Å². The molecule has 0 saturated heterocycles. The van der Waals surface area contributed by atoms with Gasteiger partial charge in [0.25, 0.3) is 5.91 Å². The molecule has 0 bridgehead atoms. The fraction of sp³-hybridized carbons (Fsp3) is 0.167. The summed E-state index contributed by atoms with van der Waals surface area (Å²) in [7, 11) is 0. The highest BCUT2D eigenvalue weighted by molar-refractivity contribution is 5.92. The Bertz CT molecular complexity index is 611. The van der Waals surface area contributed by atoms with Crippen LogP contribution in [0.25, 0.3) is 5.69 Å². The highest BCUT2D eigenvalue weighted by Gasteiger charge is 2.16. The van der Waals surface area contributed by atoms with E-state index in [1.165, 1.54) is 11.0 Å². The van der Waals surface area contributed by atoms with Gasteiger partial charge in [0.15, 0.2) is 11.8 Å². The van der Waals surface area contributed by atoms with Gasteiger partial charge in [-0.15, -0.1) is 5.10 Å². The predicted octanol–water partition coefficient (Wildman–Crippen LogP) is -0.557. The molecule has 0 radical (unpaired) electrons. The first-order valence-corrected chi connectivity index (χ1v) is 5.75. The third kappa shape index (κ3) is 3.18. The van der Waals surface area contributed by atoms with E-state index in [9.17, 15) is 9.59 Å². The lowest BCUT2D eigenvalue weighted by Gasteiger charge is -2.05. The lowest BCUT2D eigenvalue weighted by atomic mass is 10.3. The van der Waals surface area contributed by atoms with Gasteiger partial charge in [0.1, 0.15) is 0 Å². The first kappa shape index (κ1) is 13.7. The Kier molecular flexibility index (Phi) is 4.06. The Morgan fingerprint density at radius 1 is 1.30 bits per heavy atom. The topological polar surface area (TPSA) is 117 Å². The number of amides is 1. The first-order chi connectivity index (χ1) is 9.58. The van der Waals surface area contributed by atoms with Gasteiger partial charge >= 0.3 is 5.97 Å². The molecule has 0 aliphatic heterocycles. The van der Waals surface area contributed by atoms with Crippen LogP contribution in [0.3, 0.4) is 0 Å². The number of rotatable bonds is 5. The van der Waals surface area contributed by atoms with E-state index >= 15 is 0 Å². The molecule has 1 unspecified atom stereocenters. The zero-order valence-corrected chi connectivity index (χ0v) is 10.3. The molecule has 8 heteroatoms. The molecule has 0 saturated carbocycles. The van der Waals surface area contributed by atoms with Crippen LogP contribution < -0.4 is 5.32 Å². The molecule has 104 valence electrons. The standard InChI is InChI=1S/C12H12N4O4/c17-10(12(19)20)7-13-11(18)9-6-14-16(15-9)8-4-2-1-3-5-8/h1-6,10,17H,7H2,(H,13,18)(H,19,20). The lowest BCUT2D eigenvalue weighted by molar-refractivity contribution is -0.146. The van der Waals surface area contributed by atoms with Crippen LogP contribution in [0.4, 0.5) is 0 Å². The number of aromatic nitrogens is 3. The molecule has 0 aliphatic carbocycles. The molecule has 1 aromatic heterocycles. The molecule has 1 amide bonds. The number of nitrogens with zero attached hydrogens (tertiary/aromatic N) is 3. The molecule has 1 atom stereocenters. The summed E-state index contributed by atoms with van der Waals surface area (Å²) in [5.41, 5.74) is 0.726. The Balaban J connectivity index is 2.02. The van der Waals surface area contributed by atoms with Crippen LogP contribution in [-0.2, 0) is 4.79 Å². The van der Waals surface area contributed by atoms with E-state index in [-0.39, 0.29) is 5.69 Å². The highest BCUT2D eigenvalue weighted by atomic mass is 16.4. The molecular formula is C12H12N4O4. The van der Waals surface area contributed by atoms with Gasteiger partial charge in [-0.1, -0.05) is 18.2 Å². The van der Waals surface area contributed by atoms with Gasteiger partial charge in [0, 0.05) is 0 Å². The van der Waals surface area contributed by atoms with Crippen LogP contribution in [0.5, 0.6) is 0 Å². The number of hydrogen-bond donors (Lipinski definition) is 3. The third-order valence-corrected chi connectivity index (χ3v) is 2.45. The molecule has 0 spiro atoms. The lowest BCUT2D eigenvalue weighted by Crippen LogP contribution is -2.36.